The van der Waals surface area contributed by atoms with E-state index in [1.807, 2.05) is 0 Å². The molecule has 0 aliphatic rings. The van der Waals surface area contributed by atoms with Crippen molar-refractivity contribution in [1.29, 1.82) is 0 Å². The van der Waals surface area contributed by atoms with Gasteiger partial charge >= 0.3 is 0 Å². The fourth-order valence-corrected chi connectivity index (χ4v) is 6.22. The topological polar surface area (TPSA) is 59.1 Å². The van der Waals surface area contributed by atoms with Crippen LogP contribution in [0, 0.1) is 0 Å². The SMILES string of the molecule is O=S(=O)(Nc1ccnc(Cl)c1)c1cc(Br)sc1Br. The number of anilines is 1. The van der Waals surface area contributed by atoms with Crippen molar-refractivity contribution >= 4 is 70.5 Å². The molecule has 1 N–H and O–H groups in total. The largest absolute Gasteiger partial charge is 0.279 e. The first-order chi connectivity index (χ1) is 8.38. The average Bonchev–Trinajstić information content (AvgIpc) is 2.58. The quantitative estimate of drug-likeness (QED) is 0.743. The van der Waals surface area contributed by atoms with Crippen molar-refractivity contribution in [3.8, 4) is 0 Å². The van der Waals surface area contributed by atoms with Crippen LogP contribution >= 0.6 is 54.8 Å². The monoisotopic (exact) mass is 430 g/mol. The fraction of sp³-hybridized carbons (Fsp3) is 0. The number of nitrogens with zero attached hydrogens (tertiary/aromatic N) is 1. The van der Waals surface area contributed by atoms with E-state index >= 15 is 0 Å². The molecular weight excluding hydrogens is 428 g/mol. The van der Waals surface area contributed by atoms with Crippen LogP contribution in [0.25, 0.3) is 0 Å². The van der Waals surface area contributed by atoms with Gasteiger partial charge in [-0.2, -0.15) is 0 Å². The molecule has 2 aromatic rings. The molecule has 0 aromatic carbocycles. The highest BCUT2D eigenvalue weighted by molar-refractivity contribution is 9.12. The van der Waals surface area contributed by atoms with E-state index in [-0.39, 0.29) is 10.0 Å². The molecule has 0 bridgehead atoms. The summed E-state index contributed by atoms with van der Waals surface area (Å²) in [7, 11) is -3.64. The van der Waals surface area contributed by atoms with Gasteiger partial charge in [-0.15, -0.1) is 11.3 Å². The van der Waals surface area contributed by atoms with Gasteiger partial charge in [0.25, 0.3) is 10.0 Å². The lowest BCUT2D eigenvalue weighted by atomic mass is 10.4. The first kappa shape index (κ1) is 14.3. The number of nitrogens with one attached hydrogen (secondary N) is 1. The Bertz CT molecular complexity index is 688. The minimum atomic E-state index is -3.64. The molecule has 4 nitrogen and oxygen atoms in total. The van der Waals surface area contributed by atoms with Crippen molar-refractivity contribution < 1.29 is 8.42 Å². The maximum absolute atomic E-state index is 12.1. The molecule has 0 radical (unpaired) electrons. The number of hydrogen-bond acceptors (Lipinski definition) is 4. The lowest BCUT2D eigenvalue weighted by molar-refractivity contribution is 0.601. The van der Waals surface area contributed by atoms with E-state index in [1.165, 1.54) is 35.7 Å². The predicted octanol–water partition coefficient (Wildman–Crippen LogP) is 4.12. The van der Waals surface area contributed by atoms with E-state index in [4.69, 9.17) is 11.6 Å². The summed E-state index contributed by atoms with van der Waals surface area (Å²) in [6, 6.07) is 4.49. The van der Waals surface area contributed by atoms with Gasteiger partial charge in [0.05, 0.1) is 13.3 Å². The number of thiophene rings is 1. The first-order valence-corrected chi connectivity index (χ1v) is 8.74. The Morgan fingerprint density at radius 1 is 1.33 bits per heavy atom. The van der Waals surface area contributed by atoms with Gasteiger partial charge in [0.2, 0.25) is 0 Å². The van der Waals surface area contributed by atoms with Crippen LogP contribution in [0.1, 0.15) is 0 Å². The van der Waals surface area contributed by atoms with E-state index in [9.17, 15) is 8.42 Å². The summed E-state index contributed by atoms with van der Waals surface area (Å²) in [5.74, 6) is 0. The highest BCUT2D eigenvalue weighted by atomic mass is 79.9. The predicted molar refractivity (Wildman–Crippen MR) is 79.8 cm³/mol. The third-order valence-electron chi connectivity index (χ3n) is 1.89. The summed E-state index contributed by atoms with van der Waals surface area (Å²) in [6.45, 7) is 0. The van der Waals surface area contributed by atoms with Gasteiger partial charge in [-0.1, -0.05) is 11.6 Å². The minimum Gasteiger partial charge on any atom is -0.279 e. The van der Waals surface area contributed by atoms with Gasteiger partial charge in [-0.05, 0) is 50.1 Å². The Labute approximate surface area is 130 Å². The standard InChI is InChI=1S/C9H5Br2ClN2O2S2/c10-7-4-6(9(11)17-7)18(15,16)14-5-1-2-13-8(12)3-5/h1-4H,(H,13,14). The maximum atomic E-state index is 12.1. The van der Waals surface area contributed by atoms with Crippen LogP contribution in [0.3, 0.4) is 0 Å². The zero-order valence-corrected chi connectivity index (χ0v) is 14.1. The first-order valence-electron chi connectivity index (χ1n) is 4.48. The molecule has 0 atom stereocenters. The van der Waals surface area contributed by atoms with Crippen LogP contribution in [0.2, 0.25) is 5.15 Å². The molecule has 2 heterocycles. The third kappa shape index (κ3) is 3.24. The summed E-state index contributed by atoms with van der Waals surface area (Å²) in [4.78, 5) is 3.95. The van der Waals surface area contributed by atoms with E-state index in [0.29, 0.717) is 9.47 Å². The second-order valence-electron chi connectivity index (χ2n) is 3.16. The molecular formula is C9H5Br2ClN2O2S2. The average molecular weight is 433 g/mol. The van der Waals surface area contributed by atoms with Crippen LogP contribution in [0.5, 0.6) is 0 Å². The Kier molecular flexibility index (Phi) is 4.32. The second kappa shape index (κ2) is 5.46. The molecule has 2 aromatic heterocycles. The molecule has 0 spiro atoms. The van der Waals surface area contributed by atoms with E-state index < -0.39 is 10.0 Å². The molecule has 0 saturated carbocycles. The van der Waals surface area contributed by atoms with Crippen LogP contribution in [0.15, 0.2) is 36.9 Å². The Morgan fingerprint density at radius 3 is 2.61 bits per heavy atom. The van der Waals surface area contributed by atoms with Gasteiger partial charge in [0.15, 0.2) is 0 Å². The molecule has 0 aliphatic heterocycles. The molecule has 9 heteroatoms. The van der Waals surface area contributed by atoms with Gasteiger partial charge < -0.3 is 0 Å². The fourth-order valence-electron chi connectivity index (χ4n) is 1.18. The zero-order chi connectivity index (χ0) is 13.3. The van der Waals surface area contributed by atoms with Gasteiger partial charge in [0.1, 0.15) is 10.0 Å². The van der Waals surface area contributed by atoms with Crippen LogP contribution in [-0.2, 0) is 10.0 Å². The smallest absolute Gasteiger partial charge is 0.263 e. The summed E-state index contributed by atoms with van der Waals surface area (Å²) >= 11 is 13.4. The molecule has 0 aliphatic carbocycles. The van der Waals surface area contributed by atoms with E-state index in [1.54, 1.807) is 0 Å². The molecule has 2 rings (SSSR count). The molecule has 96 valence electrons. The summed E-state index contributed by atoms with van der Waals surface area (Å²) < 4.78 is 27.9. The van der Waals surface area contributed by atoms with E-state index in [0.717, 1.165) is 3.79 Å². The molecule has 0 saturated heterocycles. The normalized spacial score (nSPS) is 11.5. The maximum Gasteiger partial charge on any atom is 0.263 e. The highest BCUT2D eigenvalue weighted by Gasteiger charge is 2.20. The summed E-state index contributed by atoms with van der Waals surface area (Å²) in [5, 5.41) is 0.223. The number of sulfonamides is 1. The number of pyridine rings is 1. The summed E-state index contributed by atoms with van der Waals surface area (Å²) in [5.41, 5.74) is 0.365. The van der Waals surface area contributed by atoms with Gasteiger partial charge in [-0.25, -0.2) is 13.4 Å². The second-order valence-corrected chi connectivity index (χ2v) is 8.95. The zero-order valence-electron chi connectivity index (χ0n) is 8.52. The van der Waals surface area contributed by atoms with Gasteiger partial charge in [0, 0.05) is 6.20 Å². The van der Waals surface area contributed by atoms with Crippen molar-refractivity contribution in [2.75, 3.05) is 4.72 Å². The number of hydrogen-bond donors (Lipinski definition) is 1. The van der Waals surface area contributed by atoms with Crippen molar-refractivity contribution in [2.45, 2.75) is 4.90 Å². The molecule has 18 heavy (non-hydrogen) atoms. The molecule has 0 fully saturated rings. The molecule has 0 unspecified atom stereocenters. The molecule has 0 amide bonds. The lowest BCUT2D eigenvalue weighted by Crippen LogP contribution is -2.12. The van der Waals surface area contributed by atoms with Crippen LogP contribution in [0.4, 0.5) is 5.69 Å². The van der Waals surface area contributed by atoms with Crippen molar-refractivity contribution in [3.05, 3.63) is 37.1 Å². The van der Waals surface area contributed by atoms with Gasteiger partial charge in [-0.3, -0.25) is 4.72 Å². The lowest BCUT2D eigenvalue weighted by Gasteiger charge is -2.06. The van der Waals surface area contributed by atoms with Crippen molar-refractivity contribution in [2.24, 2.45) is 0 Å². The minimum absolute atomic E-state index is 0.173. The van der Waals surface area contributed by atoms with E-state index in [2.05, 4.69) is 41.6 Å². The Hall–Kier alpha value is -0.150. The van der Waals surface area contributed by atoms with Crippen molar-refractivity contribution in [1.82, 2.24) is 4.98 Å². The van der Waals surface area contributed by atoms with Crippen LogP contribution < -0.4 is 4.72 Å². The Balaban J connectivity index is 2.36. The number of aromatic nitrogens is 1. The third-order valence-corrected chi connectivity index (χ3v) is 6.24. The Morgan fingerprint density at radius 2 is 2.06 bits per heavy atom. The summed E-state index contributed by atoms with van der Waals surface area (Å²) in [6.07, 6.45) is 1.43. The van der Waals surface area contributed by atoms with Crippen molar-refractivity contribution in [3.63, 3.8) is 0 Å². The van der Waals surface area contributed by atoms with Crippen LogP contribution in [-0.4, -0.2) is 13.4 Å². The highest BCUT2D eigenvalue weighted by Crippen LogP contribution is 2.35. The number of rotatable bonds is 3. The number of halogens is 3.